The molecule has 1 fully saturated rings. The topological polar surface area (TPSA) is 55.3 Å². The van der Waals surface area contributed by atoms with Gasteiger partial charge in [0.2, 0.25) is 12.2 Å². The fraction of sp³-hybridized carbons (Fsp3) is 0.500. The Morgan fingerprint density at radius 3 is 2.52 bits per heavy atom. The molecule has 0 bridgehead atoms. The number of ketones is 1. The van der Waals surface area contributed by atoms with Gasteiger partial charge in [0.15, 0.2) is 5.69 Å². The molecule has 0 aliphatic carbocycles. The van der Waals surface area contributed by atoms with Gasteiger partial charge in [0, 0.05) is 37.8 Å². The molecule has 1 aliphatic rings. The molecule has 156 valence electrons. The van der Waals surface area contributed by atoms with Crippen molar-refractivity contribution in [3.8, 4) is 5.88 Å². The van der Waals surface area contributed by atoms with E-state index in [9.17, 15) is 9.18 Å². The lowest BCUT2D eigenvalue weighted by atomic mass is 9.89. The van der Waals surface area contributed by atoms with Gasteiger partial charge in [0.05, 0.1) is 0 Å². The van der Waals surface area contributed by atoms with Crippen LogP contribution in [0.25, 0.3) is 0 Å². The Hall–Kier alpha value is -2.41. The lowest BCUT2D eigenvalue weighted by Crippen LogP contribution is -2.38. The molecule has 2 heterocycles. The number of nitrogens with zero attached hydrogens (tertiary/aromatic N) is 3. The van der Waals surface area contributed by atoms with Crippen molar-refractivity contribution in [2.75, 3.05) is 13.1 Å². The Balaban J connectivity index is 1.61. The Morgan fingerprint density at radius 2 is 1.86 bits per heavy atom. The average molecular weight is 403 g/mol. The van der Waals surface area contributed by atoms with Crippen LogP contribution in [0.5, 0.6) is 5.88 Å². The zero-order chi connectivity index (χ0) is 21.0. The second-order valence-corrected chi connectivity index (χ2v) is 8.34. The van der Waals surface area contributed by atoms with Crippen LogP contribution in [-0.4, -0.2) is 39.3 Å². The van der Waals surface area contributed by atoms with E-state index in [1.165, 1.54) is 18.5 Å². The van der Waals surface area contributed by atoms with E-state index in [0.29, 0.717) is 31.5 Å². The van der Waals surface area contributed by atoms with Gasteiger partial charge >= 0.3 is 0 Å². The molecular weight excluding hydrogens is 376 g/mol. The number of rotatable bonds is 6. The highest BCUT2D eigenvalue weighted by Crippen LogP contribution is 2.32. The van der Waals surface area contributed by atoms with Crippen molar-refractivity contribution in [2.24, 2.45) is 5.92 Å². The van der Waals surface area contributed by atoms with Crippen molar-refractivity contribution in [1.82, 2.24) is 14.9 Å². The van der Waals surface area contributed by atoms with Crippen molar-refractivity contribution < 1.29 is 18.3 Å². The Morgan fingerprint density at radius 1 is 1.21 bits per heavy atom. The van der Waals surface area contributed by atoms with Gasteiger partial charge in [0.1, 0.15) is 17.2 Å². The van der Waals surface area contributed by atoms with Crippen molar-refractivity contribution in [2.45, 2.75) is 51.9 Å². The second kappa shape index (κ2) is 8.95. The van der Waals surface area contributed by atoms with Crippen LogP contribution in [0, 0.1) is 11.7 Å². The van der Waals surface area contributed by atoms with Crippen LogP contribution < -0.4 is 4.74 Å². The third-order valence-electron chi connectivity index (χ3n) is 4.95. The molecule has 0 radical (unpaired) electrons. The molecule has 0 spiro atoms. The van der Waals surface area contributed by atoms with Crippen LogP contribution in [0.2, 0.25) is 0 Å². The lowest BCUT2D eigenvalue weighted by molar-refractivity contribution is -0.124. The summed E-state index contributed by atoms with van der Waals surface area (Å²) in [6.07, 6.45) is 2.60. The van der Waals surface area contributed by atoms with E-state index < -0.39 is 11.9 Å². The number of likely N-dealkylation sites (tertiary alicyclic amines) is 1. The maximum atomic E-state index is 15.2. The van der Waals surface area contributed by atoms with E-state index in [1.807, 2.05) is 20.8 Å². The van der Waals surface area contributed by atoms with Gasteiger partial charge in [-0.25, -0.2) is 18.7 Å². The Labute approximate surface area is 170 Å². The first-order valence-corrected chi connectivity index (χ1v) is 9.89. The molecule has 1 unspecified atom stereocenters. The fourth-order valence-electron chi connectivity index (χ4n) is 3.46. The fourth-order valence-corrected chi connectivity index (χ4v) is 3.46. The monoisotopic (exact) mass is 403 g/mol. The highest BCUT2D eigenvalue weighted by molar-refractivity contribution is 5.83. The predicted octanol–water partition coefficient (Wildman–Crippen LogP) is 4.28. The number of piperidine rings is 1. The molecule has 1 aliphatic heterocycles. The van der Waals surface area contributed by atoms with E-state index >= 15 is 4.39 Å². The normalized spacial score (nSPS) is 17.1. The average Bonchev–Trinajstić information content (AvgIpc) is 2.68. The standard InChI is InChI=1S/C22H27F2N3O2/c1-22(2,3)29-21-19(25-10-11-26-21)20(24)27-12-8-15(9-13-27)18(28)14-16-6-4-5-7-17(16)23/h4-7,10-11,15,20H,8-9,12-14H2,1-3H3. The van der Waals surface area contributed by atoms with E-state index in [1.54, 1.807) is 23.1 Å². The summed E-state index contributed by atoms with van der Waals surface area (Å²) >= 11 is 0. The van der Waals surface area contributed by atoms with Crippen LogP contribution in [0.15, 0.2) is 36.7 Å². The SMILES string of the molecule is CC(C)(C)Oc1nccnc1C(F)N1CCC(C(=O)Cc2ccccc2F)CC1. The zero-order valence-electron chi connectivity index (χ0n) is 17.1. The molecule has 1 atom stereocenters. The minimum absolute atomic E-state index is 0.00131. The smallest absolute Gasteiger partial charge is 0.240 e. The first-order chi connectivity index (χ1) is 13.7. The lowest BCUT2D eigenvalue weighted by Gasteiger charge is -2.33. The largest absolute Gasteiger partial charge is 0.471 e. The minimum atomic E-state index is -1.45. The summed E-state index contributed by atoms with van der Waals surface area (Å²) < 4.78 is 34.7. The van der Waals surface area contributed by atoms with E-state index in [-0.39, 0.29) is 35.5 Å². The van der Waals surface area contributed by atoms with Gasteiger partial charge < -0.3 is 4.74 Å². The van der Waals surface area contributed by atoms with Gasteiger partial charge in [-0.2, -0.15) is 0 Å². The number of halogens is 2. The van der Waals surface area contributed by atoms with Gasteiger partial charge in [-0.1, -0.05) is 18.2 Å². The van der Waals surface area contributed by atoms with Crippen LogP contribution in [0.1, 0.15) is 51.2 Å². The van der Waals surface area contributed by atoms with Crippen molar-refractivity contribution in [3.63, 3.8) is 0 Å². The third-order valence-corrected chi connectivity index (χ3v) is 4.95. The molecule has 3 rings (SSSR count). The number of hydrogen-bond acceptors (Lipinski definition) is 5. The second-order valence-electron chi connectivity index (χ2n) is 8.34. The minimum Gasteiger partial charge on any atom is -0.471 e. The van der Waals surface area contributed by atoms with Crippen LogP contribution in [0.3, 0.4) is 0 Å². The van der Waals surface area contributed by atoms with E-state index in [4.69, 9.17) is 4.74 Å². The summed E-state index contributed by atoms with van der Waals surface area (Å²) in [6, 6.07) is 6.31. The number of ether oxygens (including phenoxy) is 1. The molecular formula is C22H27F2N3O2. The van der Waals surface area contributed by atoms with Crippen molar-refractivity contribution in [1.29, 1.82) is 0 Å². The van der Waals surface area contributed by atoms with Gasteiger partial charge in [0.25, 0.3) is 0 Å². The molecule has 0 saturated carbocycles. The van der Waals surface area contributed by atoms with E-state index in [2.05, 4.69) is 9.97 Å². The van der Waals surface area contributed by atoms with E-state index in [0.717, 1.165) is 0 Å². The van der Waals surface area contributed by atoms with Crippen LogP contribution in [0.4, 0.5) is 8.78 Å². The maximum Gasteiger partial charge on any atom is 0.240 e. The van der Waals surface area contributed by atoms with Gasteiger partial charge in [-0.3, -0.25) is 9.69 Å². The summed E-state index contributed by atoms with van der Waals surface area (Å²) in [4.78, 5) is 22.5. The molecule has 1 saturated heterocycles. The number of benzene rings is 1. The van der Waals surface area contributed by atoms with Gasteiger partial charge in [-0.05, 0) is 45.2 Å². The number of carbonyl (C=O) groups excluding carboxylic acids is 1. The highest BCUT2D eigenvalue weighted by atomic mass is 19.1. The quantitative estimate of drug-likeness (QED) is 0.674. The first kappa shape index (κ1) is 21.3. The molecule has 1 aromatic heterocycles. The highest BCUT2D eigenvalue weighted by Gasteiger charge is 2.32. The molecule has 0 amide bonds. The number of aromatic nitrogens is 2. The number of carbonyl (C=O) groups is 1. The summed E-state index contributed by atoms with van der Waals surface area (Å²) in [5.41, 5.74) is 0.0433. The molecule has 1 aromatic carbocycles. The molecule has 2 aromatic rings. The van der Waals surface area contributed by atoms with Crippen LogP contribution >= 0.6 is 0 Å². The zero-order valence-corrected chi connectivity index (χ0v) is 17.1. The summed E-state index contributed by atoms with van der Waals surface area (Å²) in [5.74, 6) is -0.368. The molecule has 7 heteroatoms. The van der Waals surface area contributed by atoms with Crippen molar-refractivity contribution in [3.05, 3.63) is 53.7 Å². The Kier molecular flexibility index (Phi) is 6.57. The van der Waals surface area contributed by atoms with Gasteiger partial charge in [-0.15, -0.1) is 0 Å². The third kappa shape index (κ3) is 5.56. The molecule has 5 nitrogen and oxygen atoms in total. The number of alkyl halides is 1. The maximum absolute atomic E-state index is 15.2. The first-order valence-electron chi connectivity index (χ1n) is 9.89. The number of hydrogen-bond donors (Lipinski definition) is 0. The summed E-state index contributed by atoms with van der Waals surface area (Å²) in [5, 5.41) is 0. The Bertz CT molecular complexity index is 846. The molecule has 0 N–H and O–H groups in total. The predicted molar refractivity (Wildman–Crippen MR) is 106 cm³/mol. The molecule has 29 heavy (non-hydrogen) atoms. The summed E-state index contributed by atoms with van der Waals surface area (Å²) in [7, 11) is 0. The summed E-state index contributed by atoms with van der Waals surface area (Å²) in [6.45, 7) is 6.43. The van der Waals surface area contributed by atoms with Crippen molar-refractivity contribution >= 4 is 5.78 Å². The number of Topliss-reactive ketones (excluding diaryl/α,β-unsaturated/α-hetero) is 1. The van der Waals surface area contributed by atoms with Crippen LogP contribution in [-0.2, 0) is 11.2 Å².